The van der Waals surface area contributed by atoms with Crippen molar-refractivity contribution in [2.75, 3.05) is 20.3 Å². The Bertz CT molecular complexity index is 372. The number of hydrogen-bond acceptors (Lipinski definition) is 4. The highest BCUT2D eigenvalue weighted by molar-refractivity contribution is 8.01. The van der Waals surface area contributed by atoms with Crippen LogP contribution in [0.5, 0.6) is 0 Å². The van der Waals surface area contributed by atoms with Gasteiger partial charge in [0, 0.05) is 12.0 Å². The van der Waals surface area contributed by atoms with Gasteiger partial charge in [0.2, 0.25) is 0 Å². The molecule has 1 unspecified atom stereocenters. The first-order valence-corrected chi connectivity index (χ1v) is 6.34. The van der Waals surface area contributed by atoms with Gasteiger partial charge in [-0.2, -0.15) is 0 Å². The van der Waals surface area contributed by atoms with Gasteiger partial charge in [-0.05, 0) is 18.1 Å². The SMILES string of the molecule is COCCONC(=O)C1Cc2ccccc2S1. The van der Waals surface area contributed by atoms with Crippen molar-refractivity contribution in [3.05, 3.63) is 29.8 Å². The number of fused-ring (bicyclic) bond motifs is 1. The molecule has 0 radical (unpaired) electrons. The van der Waals surface area contributed by atoms with Crippen molar-refractivity contribution < 1.29 is 14.4 Å². The maximum Gasteiger partial charge on any atom is 0.257 e. The van der Waals surface area contributed by atoms with E-state index < -0.39 is 0 Å². The summed E-state index contributed by atoms with van der Waals surface area (Å²) < 4.78 is 4.82. The molecule has 17 heavy (non-hydrogen) atoms. The number of thioether (sulfide) groups is 1. The van der Waals surface area contributed by atoms with Crippen molar-refractivity contribution >= 4 is 17.7 Å². The van der Waals surface area contributed by atoms with Crippen LogP contribution in [0.4, 0.5) is 0 Å². The molecule has 1 amide bonds. The van der Waals surface area contributed by atoms with Gasteiger partial charge in [-0.15, -0.1) is 11.8 Å². The van der Waals surface area contributed by atoms with Crippen molar-refractivity contribution in [2.45, 2.75) is 16.6 Å². The zero-order valence-electron chi connectivity index (χ0n) is 9.64. The minimum atomic E-state index is -0.0880. The number of hydroxylamine groups is 1. The van der Waals surface area contributed by atoms with Gasteiger partial charge in [-0.1, -0.05) is 18.2 Å². The number of ether oxygens (including phenoxy) is 1. The van der Waals surface area contributed by atoms with Crippen LogP contribution in [0.3, 0.4) is 0 Å². The average molecular weight is 253 g/mol. The van der Waals surface area contributed by atoms with E-state index in [1.807, 2.05) is 18.2 Å². The first-order valence-electron chi connectivity index (χ1n) is 5.46. The number of rotatable bonds is 5. The molecule has 0 aliphatic carbocycles. The lowest BCUT2D eigenvalue weighted by Crippen LogP contribution is -2.33. The number of methoxy groups -OCH3 is 1. The van der Waals surface area contributed by atoms with E-state index in [-0.39, 0.29) is 11.2 Å². The summed E-state index contributed by atoms with van der Waals surface area (Å²) in [5.74, 6) is -0.0812. The number of amides is 1. The molecule has 1 atom stereocenters. The minimum absolute atomic E-state index is 0.0812. The summed E-state index contributed by atoms with van der Waals surface area (Å²) in [6, 6.07) is 8.08. The molecule has 4 nitrogen and oxygen atoms in total. The fourth-order valence-electron chi connectivity index (χ4n) is 1.64. The number of hydrogen-bond donors (Lipinski definition) is 1. The van der Waals surface area contributed by atoms with Gasteiger partial charge in [0.05, 0.1) is 18.5 Å². The molecule has 1 aromatic rings. The Kier molecular flexibility index (Phi) is 4.42. The van der Waals surface area contributed by atoms with Gasteiger partial charge in [0.25, 0.3) is 5.91 Å². The molecule has 0 fully saturated rings. The molecule has 1 N–H and O–H groups in total. The van der Waals surface area contributed by atoms with Crippen LogP contribution >= 0.6 is 11.8 Å². The first kappa shape index (κ1) is 12.4. The van der Waals surface area contributed by atoms with Crippen molar-refractivity contribution in [2.24, 2.45) is 0 Å². The van der Waals surface area contributed by atoms with Crippen molar-refractivity contribution in [1.29, 1.82) is 0 Å². The summed E-state index contributed by atoms with van der Waals surface area (Å²) in [5, 5.41) is -0.0880. The number of carbonyl (C=O) groups is 1. The molecular formula is C12H15NO3S. The van der Waals surface area contributed by atoms with E-state index in [2.05, 4.69) is 11.5 Å². The highest BCUT2D eigenvalue weighted by atomic mass is 32.2. The van der Waals surface area contributed by atoms with Crippen LogP contribution in [0.15, 0.2) is 29.2 Å². The summed E-state index contributed by atoms with van der Waals surface area (Å²) in [6.45, 7) is 0.838. The van der Waals surface area contributed by atoms with E-state index in [1.165, 1.54) is 10.5 Å². The van der Waals surface area contributed by atoms with E-state index in [9.17, 15) is 4.79 Å². The Morgan fingerprint density at radius 2 is 2.29 bits per heavy atom. The number of carbonyl (C=O) groups excluding carboxylic acids is 1. The second-order valence-electron chi connectivity index (χ2n) is 3.73. The maximum absolute atomic E-state index is 11.8. The Labute approximate surface area is 105 Å². The normalized spacial score (nSPS) is 17.8. The molecular weight excluding hydrogens is 238 g/mol. The van der Waals surface area contributed by atoms with E-state index in [0.717, 1.165) is 6.42 Å². The van der Waals surface area contributed by atoms with Crippen molar-refractivity contribution in [3.63, 3.8) is 0 Å². The molecule has 1 aliphatic heterocycles. The Hall–Kier alpha value is -1.04. The van der Waals surface area contributed by atoms with Crippen LogP contribution in [0, 0.1) is 0 Å². The molecule has 2 rings (SSSR count). The Morgan fingerprint density at radius 1 is 1.47 bits per heavy atom. The Balaban J connectivity index is 1.80. The largest absolute Gasteiger partial charge is 0.382 e. The van der Waals surface area contributed by atoms with Crippen LogP contribution in [-0.2, 0) is 20.8 Å². The molecule has 5 heteroatoms. The molecule has 1 aliphatic rings. The molecule has 0 saturated heterocycles. The predicted molar refractivity (Wildman–Crippen MR) is 65.8 cm³/mol. The first-order chi connectivity index (χ1) is 8.31. The number of nitrogens with one attached hydrogen (secondary N) is 1. The molecule has 1 heterocycles. The van der Waals surface area contributed by atoms with Gasteiger partial charge in [-0.3, -0.25) is 9.63 Å². The lowest BCUT2D eigenvalue weighted by molar-refractivity contribution is -0.133. The highest BCUT2D eigenvalue weighted by Crippen LogP contribution is 2.36. The predicted octanol–water partition coefficient (Wildman–Crippen LogP) is 1.40. The molecule has 0 saturated carbocycles. The third-order valence-electron chi connectivity index (χ3n) is 2.50. The third kappa shape index (κ3) is 3.21. The Morgan fingerprint density at radius 3 is 3.06 bits per heavy atom. The van der Waals surface area contributed by atoms with Crippen molar-refractivity contribution in [3.8, 4) is 0 Å². The standard InChI is InChI=1S/C12H15NO3S/c1-15-6-7-16-13-12(14)11-8-9-4-2-3-5-10(9)17-11/h2-5,11H,6-8H2,1H3,(H,13,14). The van der Waals surface area contributed by atoms with Crippen LogP contribution in [0.1, 0.15) is 5.56 Å². The monoisotopic (exact) mass is 253 g/mol. The molecule has 0 spiro atoms. The van der Waals surface area contributed by atoms with E-state index >= 15 is 0 Å². The van der Waals surface area contributed by atoms with Gasteiger partial charge < -0.3 is 4.74 Å². The molecule has 0 bridgehead atoms. The van der Waals surface area contributed by atoms with Crippen LogP contribution < -0.4 is 5.48 Å². The van der Waals surface area contributed by atoms with E-state index in [0.29, 0.717) is 13.2 Å². The highest BCUT2D eigenvalue weighted by Gasteiger charge is 2.27. The van der Waals surface area contributed by atoms with Crippen LogP contribution in [0.2, 0.25) is 0 Å². The summed E-state index contributed by atoms with van der Waals surface area (Å²) >= 11 is 1.58. The summed E-state index contributed by atoms with van der Waals surface area (Å²) in [5.41, 5.74) is 3.69. The van der Waals surface area contributed by atoms with E-state index in [4.69, 9.17) is 9.57 Å². The van der Waals surface area contributed by atoms with Crippen molar-refractivity contribution in [1.82, 2.24) is 5.48 Å². The summed E-state index contributed by atoms with van der Waals surface area (Å²) in [4.78, 5) is 18.0. The zero-order valence-corrected chi connectivity index (χ0v) is 10.5. The topological polar surface area (TPSA) is 47.6 Å². The lowest BCUT2D eigenvalue weighted by Gasteiger charge is -2.09. The summed E-state index contributed by atoms with van der Waals surface area (Å²) in [6.07, 6.45) is 0.764. The molecule has 92 valence electrons. The fraction of sp³-hybridized carbons (Fsp3) is 0.417. The quantitative estimate of drug-likeness (QED) is 0.636. The third-order valence-corrected chi connectivity index (χ3v) is 3.82. The second-order valence-corrected chi connectivity index (χ2v) is 4.97. The molecule has 0 aromatic heterocycles. The lowest BCUT2D eigenvalue weighted by atomic mass is 10.1. The van der Waals surface area contributed by atoms with Crippen LogP contribution in [-0.4, -0.2) is 31.5 Å². The molecule has 1 aromatic carbocycles. The fourth-order valence-corrected chi connectivity index (χ4v) is 2.83. The van der Waals surface area contributed by atoms with Gasteiger partial charge in [0.15, 0.2) is 0 Å². The van der Waals surface area contributed by atoms with Crippen LogP contribution in [0.25, 0.3) is 0 Å². The minimum Gasteiger partial charge on any atom is -0.382 e. The van der Waals surface area contributed by atoms with Gasteiger partial charge in [0.1, 0.15) is 0 Å². The second kappa shape index (κ2) is 6.05. The average Bonchev–Trinajstić information content (AvgIpc) is 2.78. The zero-order chi connectivity index (χ0) is 12.1. The summed E-state index contributed by atoms with van der Waals surface area (Å²) in [7, 11) is 1.59. The van der Waals surface area contributed by atoms with E-state index in [1.54, 1.807) is 18.9 Å². The van der Waals surface area contributed by atoms with Gasteiger partial charge in [-0.25, -0.2) is 5.48 Å². The smallest absolute Gasteiger partial charge is 0.257 e. The van der Waals surface area contributed by atoms with Gasteiger partial charge >= 0.3 is 0 Å². The number of benzene rings is 1. The maximum atomic E-state index is 11.8.